The van der Waals surface area contributed by atoms with Gasteiger partial charge in [-0.15, -0.1) is 0 Å². The molecule has 0 amide bonds. The molecule has 0 heterocycles. The van der Waals surface area contributed by atoms with Crippen molar-refractivity contribution in [1.29, 1.82) is 0 Å². The lowest BCUT2D eigenvalue weighted by molar-refractivity contribution is 0.595. The Hall–Kier alpha value is -0.820. The molecule has 0 unspecified atom stereocenters. The van der Waals surface area contributed by atoms with Crippen molar-refractivity contribution < 1.29 is 8.42 Å². The molecule has 1 aromatic carbocycles. The SMILES string of the molecule is CS(=O)(=O)N(c1ccccc1I)C1C=CCCC=C1. The van der Waals surface area contributed by atoms with Gasteiger partial charge in [0.15, 0.2) is 0 Å². The molecular weight excluding hydrogens is 373 g/mol. The van der Waals surface area contributed by atoms with E-state index in [9.17, 15) is 8.42 Å². The number of allylic oxidation sites excluding steroid dienone is 2. The maximum Gasteiger partial charge on any atom is 0.233 e. The Kier molecular flexibility index (Phi) is 4.67. The van der Waals surface area contributed by atoms with E-state index in [1.165, 1.54) is 10.6 Å². The van der Waals surface area contributed by atoms with Gasteiger partial charge in [0.2, 0.25) is 10.0 Å². The third-order valence-electron chi connectivity index (χ3n) is 2.88. The van der Waals surface area contributed by atoms with Crippen LogP contribution in [0.4, 0.5) is 5.69 Å². The second-order valence-corrected chi connectivity index (χ2v) is 7.46. The van der Waals surface area contributed by atoms with Gasteiger partial charge < -0.3 is 0 Å². The number of anilines is 1. The third-order valence-corrected chi connectivity index (χ3v) is 4.95. The normalized spacial score (nSPS) is 16.3. The molecule has 1 aromatic rings. The molecule has 0 bridgehead atoms. The van der Waals surface area contributed by atoms with Crippen molar-refractivity contribution in [1.82, 2.24) is 0 Å². The van der Waals surface area contributed by atoms with Crippen LogP contribution in [0, 0.1) is 3.57 Å². The molecule has 0 fully saturated rings. The second-order valence-electron chi connectivity index (χ2n) is 4.43. The molecule has 102 valence electrons. The highest BCUT2D eigenvalue weighted by atomic mass is 127. The van der Waals surface area contributed by atoms with Crippen molar-refractivity contribution in [2.24, 2.45) is 0 Å². The number of sulfonamides is 1. The van der Waals surface area contributed by atoms with E-state index in [1.807, 2.05) is 48.6 Å². The predicted octanol–water partition coefficient (Wildman–Crippen LogP) is 3.33. The van der Waals surface area contributed by atoms with E-state index in [4.69, 9.17) is 0 Å². The van der Waals surface area contributed by atoms with Crippen LogP contribution in [0.2, 0.25) is 0 Å². The van der Waals surface area contributed by atoms with E-state index in [0.29, 0.717) is 0 Å². The topological polar surface area (TPSA) is 37.4 Å². The van der Waals surface area contributed by atoms with Crippen LogP contribution < -0.4 is 4.31 Å². The minimum atomic E-state index is -3.33. The van der Waals surface area contributed by atoms with Crippen LogP contribution in [0.3, 0.4) is 0 Å². The summed E-state index contributed by atoms with van der Waals surface area (Å²) in [6.07, 6.45) is 11.1. The summed E-state index contributed by atoms with van der Waals surface area (Å²) in [6.45, 7) is 0. The molecule has 0 atom stereocenters. The van der Waals surface area contributed by atoms with Crippen molar-refractivity contribution in [2.75, 3.05) is 10.6 Å². The number of halogens is 1. The molecular formula is C14H16INO2S. The Labute approximate surface area is 128 Å². The summed E-state index contributed by atoms with van der Waals surface area (Å²) in [4.78, 5) is 0. The molecule has 0 radical (unpaired) electrons. The van der Waals surface area contributed by atoms with Gasteiger partial charge in [-0.2, -0.15) is 0 Å². The zero-order valence-electron chi connectivity index (χ0n) is 10.7. The molecule has 0 spiro atoms. The monoisotopic (exact) mass is 389 g/mol. The average Bonchev–Trinajstić information content (AvgIpc) is 2.59. The Balaban J connectivity index is 2.51. The van der Waals surface area contributed by atoms with E-state index >= 15 is 0 Å². The molecule has 0 N–H and O–H groups in total. The fourth-order valence-corrected chi connectivity index (χ4v) is 3.99. The molecule has 5 heteroatoms. The van der Waals surface area contributed by atoms with E-state index < -0.39 is 10.0 Å². The number of rotatable bonds is 3. The van der Waals surface area contributed by atoms with Crippen LogP contribution in [0.25, 0.3) is 0 Å². The standard InChI is InChI=1S/C14H16INO2S/c1-19(17,18)16(12-8-4-2-3-5-9-12)14-11-7-6-10-13(14)15/h4-12H,2-3H2,1H3. The number of hydrogen-bond donors (Lipinski definition) is 0. The van der Waals surface area contributed by atoms with Gasteiger partial charge >= 0.3 is 0 Å². The highest BCUT2D eigenvalue weighted by Gasteiger charge is 2.25. The number of hydrogen-bond acceptors (Lipinski definition) is 2. The summed E-state index contributed by atoms with van der Waals surface area (Å²) in [5.74, 6) is 0. The van der Waals surface area contributed by atoms with Crippen LogP contribution in [0.15, 0.2) is 48.6 Å². The fourth-order valence-electron chi connectivity index (χ4n) is 2.08. The average molecular weight is 389 g/mol. The van der Waals surface area contributed by atoms with Gasteiger partial charge in [0, 0.05) is 3.57 Å². The van der Waals surface area contributed by atoms with Gasteiger partial charge in [0.25, 0.3) is 0 Å². The Morgan fingerprint density at radius 2 is 1.74 bits per heavy atom. The van der Waals surface area contributed by atoms with Gasteiger partial charge in [-0.1, -0.05) is 36.4 Å². The number of benzene rings is 1. The quantitative estimate of drug-likeness (QED) is 0.588. The molecule has 0 saturated carbocycles. The van der Waals surface area contributed by atoms with E-state index in [2.05, 4.69) is 22.6 Å². The summed E-state index contributed by atoms with van der Waals surface area (Å²) in [5, 5.41) is 0. The summed E-state index contributed by atoms with van der Waals surface area (Å²) in [5.41, 5.74) is 0.729. The smallest absolute Gasteiger partial charge is 0.233 e. The first-order valence-electron chi connectivity index (χ1n) is 6.07. The van der Waals surface area contributed by atoms with Crippen molar-refractivity contribution in [3.8, 4) is 0 Å². The maximum atomic E-state index is 12.2. The van der Waals surface area contributed by atoms with Crippen LogP contribution in [0.1, 0.15) is 12.8 Å². The van der Waals surface area contributed by atoms with Gasteiger partial charge in [-0.25, -0.2) is 8.42 Å². The van der Waals surface area contributed by atoms with Crippen LogP contribution >= 0.6 is 22.6 Å². The van der Waals surface area contributed by atoms with Gasteiger partial charge in [-0.05, 0) is 47.6 Å². The fraction of sp³-hybridized carbons (Fsp3) is 0.286. The first kappa shape index (κ1) is 14.6. The second kappa shape index (κ2) is 6.09. The molecule has 1 aliphatic rings. The Morgan fingerprint density at radius 1 is 1.16 bits per heavy atom. The number of para-hydroxylation sites is 1. The van der Waals surface area contributed by atoms with Gasteiger partial charge in [-0.3, -0.25) is 4.31 Å². The maximum absolute atomic E-state index is 12.2. The van der Waals surface area contributed by atoms with Gasteiger partial charge in [0.1, 0.15) is 0 Å². The summed E-state index contributed by atoms with van der Waals surface area (Å²) in [6, 6.07) is 7.28. The molecule has 0 aliphatic heterocycles. The molecule has 2 rings (SSSR count). The van der Waals surface area contributed by atoms with Gasteiger partial charge in [0.05, 0.1) is 18.0 Å². The summed E-state index contributed by atoms with van der Waals surface area (Å²) in [7, 11) is -3.33. The van der Waals surface area contributed by atoms with Crippen molar-refractivity contribution in [3.63, 3.8) is 0 Å². The Morgan fingerprint density at radius 3 is 2.26 bits per heavy atom. The highest BCUT2D eigenvalue weighted by molar-refractivity contribution is 14.1. The highest BCUT2D eigenvalue weighted by Crippen LogP contribution is 2.28. The number of nitrogens with zero attached hydrogens (tertiary/aromatic N) is 1. The summed E-state index contributed by atoms with van der Waals surface area (Å²) < 4.78 is 26.7. The minimum Gasteiger partial charge on any atom is -0.259 e. The van der Waals surface area contributed by atoms with E-state index in [0.717, 1.165) is 22.1 Å². The molecule has 0 aromatic heterocycles. The predicted molar refractivity (Wildman–Crippen MR) is 87.8 cm³/mol. The van der Waals surface area contributed by atoms with Crippen molar-refractivity contribution >= 4 is 38.3 Å². The lowest BCUT2D eigenvalue weighted by Crippen LogP contribution is -2.38. The zero-order valence-corrected chi connectivity index (χ0v) is 13.6. The lowest BCUT2D eigenvalue weighted by Gasteiger charge is -2.28. The lowest BCUT2D eigenvalue weighted by atomic mass is 10.2. The van der Waals surface area contributed by atoms with Crippen LogP contribution in [0.5, 0.6) is 0 Å². The first-order chi connectivity index (χ1) is 9.00. The Bertz CT molecular complexity index is 594. The largest absolute Gasteiger partial charge is 0.259 e. The molecule has 3 nitrogen and oxygen atoms in total. The molecule has 1 aliphatic carbocycles. The molecule has 19 heavy (non-hydrogen) atoms. The zero-order chi connectivity index (χ0) is 13.9. The third kappa shape index (κ3) is 3.60. The minimum absolute atomic E-state index is 0.242. The molecule has 0 saturated heterocycles. The van der Waals surface area contributed by atoms with E-state index in [-0.39, 0.29) is 6.04 Å². The summed E-state index contributed by atoms with van der Waals surface area (Å²) >= 11 is 2.17. The van der Waals surface area contributed by atoms with Crippen LogP contribution in [-0.2, 0) is 10.0 Å². The van der Waals surface area contributed by atoms with Crippen molar-refractivity contribution in [3.05, 3.63) is 52.1 Å². The first-order valence-corrected chi connectivity index (χ1v) is 9.00. The van der Waals surface area contributed by atoms with E-state index in [1.54, 1.807) is 0 Å². The van der Waals surface area contributed by atoms with Crippen molar-refractivity contribution in [2.45, 2.75) is 18.9 Å². The van der Waals surface area contributed by atoms with Crippen LogP contribution in [-0.4, -0.2) is 20.7 Å².